The van der Waals surface area contributed by atoms with Crippen molar-refractivity contribution in [3.8, 4) is 11.8 Å². The Bertz CT molecular complexity index is 589. The van der Waals surface area contributed by atoms with Gasteiger partial charge in [-0.05, 0) is 52.8 Å². The number of hydrogen-bond acceptors (Lipinski definition) is 4. The topological polar surface area (TPSA) is 98.2 Å². The van der Waals surface area contributed by atoms with Gasteiger partial charge >= 0.3 is 0 Å². The van der Waals surface area contributed by atoms with Crippen LogP contribution in [0.1, 0.15) is 62.4 Å². The number of primary amides is 1. The number of likely N-dealkylation sites (N-methyl/N-ethyl adjacent to an activating group) is 1. The van der Waals surface area contributed by atoms with E-state index in [2.05, 4.69) is 43.0 Å². The van der Waals surface area contributed by atoms with Gasteiger partial charge < -0.3 is 16.8 Å². The lowest BCUT2D eigenvalue weighted by molar-refractivity contribution is -0.106. The van der Waals surface area contributed by atoms with Gasteiger partial charge in [0.2, 0.25) is 6.41 Å². The molecule has 1 aliphatic rings. The van der Waals surface area contributed by atoms with E-state index >= 15 is 0 Å². The number of carbonyl (C=O) groups excluding carboxylic acids is 2. The summed E-state index contributed by atoms with van der Waals surface area (Å²) in [4.78, 5) is 19.0. The van der Waals surface area contributed by atoms with Crippen molar-refractivity contribution in [3.63, 3.8) is 0 Å². The number of amides is 1. The first kappa shape index (κ1) is 27.8. The molecular weight excluding hydrogens is 350 g/mol. The molecular formula is C23H37N3O2. The number of rotatable bonds is 3. The van der Waals surface area contributed by atoms with Crippen molar-refractivity contribution < 1.29 is 9.59 Å². The molecule has 1 fully saturated rings. The Balaban J connectivity index is 0. The zero-order chi connectivity index (χ0) is 22.0. The van der Waals surface area contributed by atoms with Crippen LogP contribution in [0.5, 0.6) is 0 Å². The standard InChI is InChI=1S/C14H14O.C6H16N2.C2H4.CH3NO/c15-11-14-9-7-13(8-10-14)6-5-12-3-1-2-4-12;1-5(8-4)6(2,3)7;1-2;2-1-3/h7-12H,1-4H2;5,8H,7H2,1-4H3;1-2H2;1H,(H2,2,3). The van der Waals surface area contributed by atoms with Crippen molar-refractivity contribution in [1.82, 2.24) is 5.32 Å². The van der Waals surface area contributed by atoms with Crippen LogP contribution >= 0.6 is 0 Å². The Morgan fingerprint density at radius 3 is 1.96 bits per heavy atom. The van der Waals surface area contributed by atoms with Crippen LogP contribution in [-0.2, 0) is 4.79 Å². The van der Waals surface area contributed by atoms with Crippen LogP contribution < -0.4 is 16.8 Å². The fourth-order valence-corrected chi connectivity index (χ4v) is 2.27. The Kier molecular flexibility index (Phi) is 16.6. The van der Waals surface area contributed by atoms with E-state index in [0.29, 0.717) is 17.5 Å². The van der Waals surface area contributed by atoms with Crippen LogP contribution in [-0.4, -0.2) is 31.3 Å². The van der Waals surface area contributed by atoms with Crippen LogP contribution in [0.25, 0.3) is 0 Å². The molecule has 1 saturated carbocycles. The maximum Gasteiger partial charge on any atom is 0.204 e. The molecule has 1 amide bonds. The molecule has 0 radical (unpaired) electrons. The quantitative estimate of drug-likeness (QED) is 0.421. The van der Waals surface area contributed by atoms with E-state index in [4.69, 9.17) is 10.5 Å². The lowest BCUT2D eigenvalue weighted by Crippen LogP contribution is -2.49. The smallest absolute Gasteiger partial charge is 0.204 e. The van der Waals surface area contributed by atoms with Gasteiger partial charge in [0.25, 0.3) is 0 Å². The summed E-state index contributed by atoms with van der Waals surface area (Å²) in [5.41, 5.74) is 11.5. The molecule has 0 saturated heterocycles. The second kappa shape index (κ2) is 16.7. The van der Waals surface area contributed by atoms with Crippen molar-refractivity contribution in [2.24, 2.45) is 17.4 Å². The first-order valence-corrected chi connectivity index (χ1v) is 9.46. The number of nitrogens with one attached hydrogen (secondary N) is 1. The summed E-state index contributed by atoms with van der Waals surface area (Å²) in [5.74, 6) is 7.06. The van der Waals surface area contributed by atoms with E-state index in [0.717, 1.165) is 11.8 Å². The van der Waals surface area contributed by atoms with E-state index in [1.807, 2.05) is 45.2 Å². The van der Waals surface area contributed by atoms with Crippen LogP contribution in [0.4, 0.5) is 0 Å². The van der Waals surface area contributed by atoms with Crippen LogP contribution in [0.3, 0.4) is 0 Å². The zero-order valence-electron chi connectivity index (χ0n) is 17.8. The number of nitrogens with two attached hydrogens (primary N) is 2. The summed E-state index contributed by atoms with van der Waals surface area (Å²) in [7, 11) is 1.92. The highest BCUT2D eigenvalue weighted by atomic mass is 16.1. The summed E-state index contributed by atoms with van der Waals surface area (Å²) in [6, 6.07) is 7.82. The summed E-state index contributed by atoms with van der Waals surface area (Å²) in [6.07, 6.45) is 6.25. The molecule has 0 aromatic heterocycles. The lowest BCUT2D eigenvalue weighted by atomic mass is 9.98. The van der Waals surface area contributed by atoms with Gasteiger partial charge in [-0.25, -0.2) is 0 Å². The van der Waals surface area contributed by atoms with Crippen molar-refractivity contribution in [2.75, 3.05) is 7.05 Å². The van der Waals surface area contributed by atoms with E-state index in [1.54, 1.807) is 0 Å². The van der Waals surface area contributed by atoms with Crippen molar-refractivity contribution in [2.45, 2.75) is 58.0 Å². The molecule has 0 spiro atoms. The first-order valence-electron chi connectivity index (χ1n) is 9.46. The minimum absolute atomic E-state index is 0.102. The molecule has 1 aromatic rings. The average Bonchev–Trinajstić information content (AvgIpc) is 3.22. The first-order chi connectivity index (χ1) is 13.3. The van der Waals surface area contributed by atoms with Gasteiger partial charge in [-0.3, -0.25) is 9.59 Å². The summed E-state index contributed by atoms with van der Waals surface area (Å²) in [6.45, 7) is 12.1. The average molecular weight is 388 g/mol. The third-order valence-electron chi connectivity index (χ3n) is 4.37. The highest BCUT2D eigenvalue weighted by Gasteiger charge is 2.17. The Morgan fingerprint density at radius 1 is 1.18 bits per heavy atom. The Hall–Kier alpha value is -2.42. The molecule has 0 aliphatic heterocycles. The van der Waals surface area contributed by atoms with Gasteiger partial charge in [0.05, 0.1) is 0 Å². The van der Waals surface area contributed by atoms with Gasteiger partial charge in [0.1, 0.15) is 6.29 Å². The predicted octanol–water partition coefficient (Wildman–Crippen LogP) is 3.28. The van der Waals surface area contributed by atoms with E-state index in [1.165, 1.54) is 25.7 Å². The Labute approximate surface area is 171 Å². The second-order valence-corrected chi connectivity index (χ2v) is 6.96. The van der Waals surface area contributed by atoms with Crippen LogP contribution in [0, 0.1) is 17.8 Å². The van der Waals surface area contributed by atoms with E-state index < -0.39 is 0 Å². The molecule has 5 nitrogen and oxygen atoms in total. The maximum atomic E-state index is 10.4. The fraction of sp³-hybridized carbons (Fsp3) is 0.478. The van der Waals surface area contributed by atoms with Gasteiger partial charge in [-0.2, -0.15) is 0 Å². The molecule has 156 valence electrons. The van der Waals surface area contributed by atoms with Crippen molar-refractivity contribution in [1.29, 1.82) is 0 Å². The number of carbonyl (C=O) groups is 2. The highest BCUT2D eigenvalue weighted by Crippen LogP contribution is 2.23. The molecule has 1 atom stereocenters. The van der Waals surface area contributed by atoms with Gasteiger partial charge in [-0.1, -0.05) is 36.8 Å². The molecule has 0 bridgehead atoms. The van der Waals surface area contributed by atoms with Gasteiger partial charge in [0.15, 0.2) is 0 Å². The monoisotopic (exact) mass is 387 g/mol. The van der Waals surface area contributed by atoms with E-state index in [9.17, 15) is 4.79 Å². The molecule has 5 N–H and O–H groups in total. The third kappa shape index (κ3) is 13.7. The number of hydrogen-bond donors (Lipinski definition) is 3. The SMILES string of the molecule is C=C.CNC(C)C(C)(C)N.NC=O.O=Cc1ccc(C#CC2CCCC2)cc1. The minimum Gasteiger partial charge on any atom is -0.372 e. The van der Waals surface area contributed by atoms with Gasteiger partial charge in [-0.15, -0.1) is 13.2 Å². The van der Waals surface area contributed by atoms with Crippen LogP contribution in [0.15, 0.2) is 37.4 Å². The summed E-state index contributed by atoms with van der Waals surface area (Å²) in [5, 5.41) is 3.08. The van der Waals surface area contributed by atoms with Gasteiger partial charge in [0, 0.05) is 28.6 Å². The molecule has 1 aliphatic carbocycles. The normalized spacial score (nSPS) is 13.6. The van der Waals surface area contributed by atoms with Crippen LogP contribution in [0.2, 0.25) is 0 Å². The predicted molar refractivity (Wildman–Crippen MR) is 119 cm³/mol. The van der Waals surface area contributed by atoms with Crippen molar-refractivity contribution in [3.05, 3.63) is 48.6 Å². The zero-order valence-corrected chi connectivity index (χ0v) is 17.8. The molecule has 28 heavy (non-hydrogen) atoms. The largest absolute Gasteiger partial charge is 0.372 e. The third-order valence-corrected chi connectivity index (χ3v) is 4.37. The lowest BCUT2D eigenvalue weighted by Gasteiger charge is -2.26. The summed E-state index contributed by atoms with van der Waals surface area (Å²) < 4.78 is 0. The minimum atomic E-state index is -0.102. The molecule has 1 unspecified atom stereocenters. The Morgan fingerprint density at radius 2 is 1.64 bits per heavy atom. The fourth-order valence-electron chi connectivity index (χ4n) is 2.27. The van der Waals surface area contributed by atoms with E-state index in [-0.39, 0.29) is 11.9 Å². The molecule has 1 aromatic carbocycles. The molecule has 0 heterocycles. The van der Waals surface area contributed by atoms with Crippen molar-refractivity contribution >= 4 is 12.7 Å². The highest BCUT2D eigenvalue weighted by molar-refractivity contribution is 5.74. The number of aldehydes is 1. The molecule has 5 heteroatoms. The second-order valence-electron chi connectivity index (χ2n) is 6.96. The summed E-state index contributed by atoms with van der Waals surface area (Å²) >= 11 is 0. The molecule has 2 rings (SSSR count). The number of benzene rings is 1. The maximum absolute atomic E-state index is 10.4.